The summed E-state index contributed by atoms with van der Waals surface area (Å²) < 4.78 is 45.5. The summed E-state index contributed by atoms with van der Waals surface area (Å²) in [5, 5.41) is -0.847. The third-order valence-corrected chi connectivity index (χ3v) is 8.54. The van der Waals surface area contributed by atoms with E-state index in [2.05, 4.69) is 0 Å². The fraction of sp³-hybridized carbons (Fsp3) is 0.188. The van der Waals surface area contributed by atoms with E-state index in [0.29, 0.717) is 21.3 Å². The molecule has 1 aliphatic rings. The molecular formula is C16H15ClO6S. The van der Waals surface area contributed by atoms with Gasteiger partial charge in [0.1, 0.15) is 21.0 Å². The van der Waals surface area contributed by atoms with Crippen LogP contribution < -0.4 is 18.7 Å². The number of para-hydroxylation sites is 2. The summed E-state index contributed by atoms with van der Waals surface area (Å²) >= 11 is 0. The van der Waals surface area contributed by atoms with Crippen LogP contribution in [0, 0.1) is 10.2 Å². The lowest BCUT2D eigenvalue weighted by molar-refractivity contribution is -1.91. The first-order chi connectivity index (χ1) is 11.3. The zero-order chi connectivity index (χ0) is 17.5. The van der Waals surface area contributed by atoms with Crippen LogP contribution in [0.15, 0.2) is 58.3 Å². The first kappa shape index (κ1) is 17.2. The molecule has 0 aromatic heterocycles. The third kappa shape index (κ3) is 2.79. The highest BCUT2D eigenvalue weighted by Crippen LogP contribution is 2.74. The van der Waals surface area contributed by atoms with Gasteiger partial charge in [-0.3, -0.25) is 4.79 Å². The van der Waals surface area contributed by atoms with E-state index in [1.54, 1.807) is 55.5 Å². The van der Waals surface area contributed by atoms with Crippen molar-refractivity contribution < 1.29 is 37.5 Å². The highest BCUT2D eigenvalue weighted by Gasteiger charge is 2.55. The molecule has 0 radical (unpaired) electrons. The summed E-state index contributed by atoms with van der Waals surface area (Å²) in [6, 6.07) is 13.4. The molecule has 3 rings (SSSR count). The normalized spacial score (nSPS) is 17.9. The van der Waals surface area contributed by atoms with Gasteiger partial charge in [-0.05, 0) is 38.1 Å². The fourth-order valence-corrected chi connectivity index (χ4v) is 7.46. The van der Waals surface area contributed by atoms with Crippen molar-refractivity contribution in [3.63, 3.8) is 0 Å². The van der Waals surface area contributed by atoms with Crippen molar-refractivity contribution in [3.05, 3.63) is 48.5 Å². The van der Waals surface area contributed by atoms with Crippen LogP contribution in [0.5, 0.6) is 11.5 Å². The number of rotatable bonds is 4. The molecule has 0 bridgehead atoms. The Balaban J connectivity index is 2.36. The Kier molecular flexibility index (Phi) is 4.33. The molecule has 2 aromatic rings. The minimum absolute atomic E-state index is 0.282. The number of hydrogen-bond donors (Lipinski definition) is 0. The lowest BCUT2D eigenvalue weighted by Crippen LogP contribution is -2.61. The summed E-state index contributed by atoms with van der Waals surface area (Å²) in [7, 11) is -7.70. The van der Waals surface area contributed by atoms with Gasteiger partial charge in [0.2, 0.25) is 0 Å². The number of fused-ring (bicyclic) bond motifs is 2. The molecule has 0 fully saturated rings. The molecule has 1 heterocycles. The van der Waals surface area contributed by atoms with Crippen LogP contribution in [-0.2, 0) is 8.53 Å². The van der Waals surface area contributed by atoms with Crippen molar-refractivity contribution in [1.29, 1.82) is 0 Å². The van der Waals surface area contributed by atoms with E-state index >= 15 is 0 Å². The molecule has 24 heavy (non-hydrogen) atoms. The molecule has 1 aliphatic heterocycles. The second-order valence-corrected chi connectivity index (χ2v) is 9.34. The monoisotopic (exact) mass is 370 g/mol. The molecule has 8 heteroatoms. The van der Waals surface area contributed by atoms with Crippen LogP contribution in [0.25, 0.3) is 0 Å². The molecule has 0 saturated carbocycles. The van der Waals surface area contributed by atoms with Gasteiger partial charge in [0.25, 0.3) is 0 Å². The van der Waals surface area contributed by atoms with Gasteiger partial charge < -0.3 is 4.74 Å². The molecule has 1 unspecified atom stereocenters. The molecular weight excluding hydrogens is 356 g/mol. The van der Waals surface area contributed by atoms with E-state index in [1.807, 2.05) is 0 Å². The van der Waals surface area contributed by atoms with E-state index in [9.17, 15) is 18.8 Å². The first-order valence-electron chi connectivity index (χ1n) is 7.06. The summed E-state index contributed by atoms with van der Waals surface area (Å²) in [6.45, 7) is 2.91. The summed E-state index contributed by atoms with van der Waals surface area (Å²) in [5.41, 5.74) is 0. The Hall–Kier alpha value is -1.61. The molecule has 6 nitrogen and oxygen atoms in total. The Morgan fingerprint density at radius 3 is 1.92 bits per heavy atom. The average Bonchev–Trinajstić information content (AvgIpc) is 2.52. The van der Waals surface area contributed by atoms with Crippen molar-refractivity contribution >= 4 is 16.1 Å². The third-order valence-electron chi connectivity index (χ3n) is 3.82. The maximum atomic E-state index is 12.2. The molecule has 0 spiro atoms. The molecule has 0 amide bonds. The number of hydrogen-bond acceptors (Lipinski definition) is 6. The number of halogens is 1. The zero-order valence-corrected chi connectivity index (χ0v) is 14.5. The summed E-state index contributed by atoms with van der Waals surface area (Å²) in [4.78, 5) is 13.0. The molecule has 0 N–H and O–H groups in total. The van der Waals surface area contributed by atoms with E-state index in [4.69, 9.17) is 8.47 Å². The second kappa shape index (κ2) is 6.03. The number of ketones is 1. The van der Waals surface area contributed by atoms with Crippen molar-refractivity contribution in [2.45, 2.75) is 28.9 Å². The quantitative estimate of drug-likeness (QED) is 0.789. The Morgan fingerprint density at radius 2 is 1.50 bits per heavy atom. The standard InChI is InChI=1S/C16H15ClO6S/c1-11(18)12(2)24(23-17(19,20)21)15-9-5-3-7-13(15)22-14-8-4-6-10-16(14)24/h3-10,12H,1-2H3. The smallest absolute Gasteiger partial charge is 0.144 e. The van der Waals surface area contributed by atoms with Crippen LogP contribution in [0.4, 0.5) is 0 Å². The van der Waals surface area contributed by atoms with Gasteiger partial charge in [0.15, 0.2) is 0 Å². The number of ether oxygens (including phenoxy) is 1. The van der Waals surface area contributed by atoms with Gasteiger partial charge in [0.05, 0.1) is 35.6 Å². The predicted molar refractivity (Wildman–Crippen MR) is 78.3 cm³/mol. The summed E-state index contributed by atoms with van der Waals surface area (Å²) in [5.74, 6) is 0.464. The van der Waals surface area contributed by atoms with Crippen LogP contribution in [-0.4, -0.2) is 11.0 Å². The van der Waals surface area contributed by atoms with Crippen molar-refractivity contribution in [2.75, 3.05) is 0 Å². The predicted octanol–water partition coefficient (Wildman–Crippen LogP) is 0.821. The van der Waals surface area contributed by atoms with Crippen LogP contribution in [0.2, 0.25) is 0 Å². The molecule has 0 saturated heterocycles. The first-order valence-corrected chi connectivity index (χ1v) is 9.92. The Morgan fingerprint density at radius 1 is 1.04 bits per heavy atom. The van der Waals surface area contributed by atoms with Crippen LogP contribution >= 0.6 is 10.3 Å². The SMILES string of the molecule is CC(=O)C(C)S1(O[Cl+3]([O-])([O-])[O-])c2ccccc2Oc2ccccc21. The lowest BCUT2D eigenvalue weighted by Gasteiger charge is -2.41. The van der Waals surface area contributed by atoms with Crippen LogP contribution in [0.3, 0.4) is 0 Å². The van der Waals surface area contributed by atoms with E-state index in [-0.39, 0.29) is 5.78 Å². The minimum Gasteiger partial charge on any atom is -0.455 e. The van der Waals surface area contributed by atoms with Gasteiger partial charge in [0, 0.05) is 0 Å². The van der Waals surface area contributed by atoms with E-state index < -0.39 is 25.8 Å². The topological polar surface area (TPSA) is 105 Å². The molecule has 1 atom stereocenters. The molecule has 0 aliphatic carbocycles. The maximum Gasteiger partial charge on any atom is 0.144 e. The summed E-state index contributed by atoms with van der Waals surface area (Å²) in [6.07, 6.45) is 0. The van der Waals surface area contributed by atoms with E-state index in [1.165, 1.54) is 6.92 Å². The minimum atomic E-state index is -4.76. The van der Waals surface area contributed by atoms with Gasteiger partial charge in [-0.1, -0.05) is 24.3 Å². The van der Waals surface area contributed by atoms with Crippen molar-refractivity contribution in [2.24, 2.45) is 0 Å². The molecule has 128 valence electrons. The number of carbonyl (C=O) groups excluding carboxylic acids is 1. The van der Waals surface area contributed by atoms with Gasteiger partial charge in [-0.15, -0.1) is 0 Å². The highest BCUT2D eigenvalue weighted by atomic mass is 35.7. The lowest BCUT2D eigenvalue weighted by atomic mass is 10.3. The highest BCUT2D eigenvalue weighted by molar-refractivity contribution is 8.31. The zero-order valence-electron chi connectivity index (χ0n) is 12.9. The Labute approximate surface area is 142 Å². The fourth-order valence-electron chi connectivity index (χ4n) is 2.67. The van der Waals surface area contributed by atoms with Gasteiger partial charge in [-0.25, -0.2) is 0 Å². The number of carbonyl (C=O) groups is 1. The van der Waals surface area contributed by atoms with Crippen molar-refractivity contribution in [1.82, 2.24) is 0 Å². The van der Waals surface area contributed by atoms with Gasteiger partial charge in [-0.2, -0.15) is 14.0 Å². The number of benzene rings is 2. The van der Waals surface area contributed by atoms with E-state index in [0.717, 1.165) is 0 Å². The van der Waals surface area contributed by atoms with Crippen molar-refractivity contribution in [3.8, 4) is 11.5 Å². The second-order valence-electron chi connectivity index (χ2n) is 5.29. The largest absolute Gasteiger partial charge is 0.455 e. The maximum absolute atomic E-state index is 12.2. The van der Waals surface area contributed by atoms with Crippen LogP contribution in [0.1, 0.15) is 13.8 Å². The van der Waals surface area contributed by atoms with Gasteiger partial charge >= 0.3 is 0 Å². The Bertz CT molecular complexity index is 743. The number of Topliss-reactive ketones (excluding diaryl/α,β-unsaturated/α-hetero) is 1. The molecule has 2 aromatic carbocycles. The average molecular weight is 371 g/mol.